The Morgan fingerprint density at radius 2 is 2.16 bits per heavy atom. The third kappa shape index (κ3) is 2.18. The van der Waals surface area contributed by atoms with Gasteiger partial charge in [0, 0.05) is 24.2 Å². The van der Waals surface area contributed by atoms with Crippen molar-refractivity contribution in [2.45, 2.75) is 6.42 Å². The zero-order chi connectivity index (χ0) is 13.2. The zero-order valence-electron chi connectivity index (χ0n) is 10.0. The summed E-state index contributed by atoms with van der Waals surface area (Å²) in [6.07, 6.45) is 5.26. The number of carboxylic acids is 1. The predicted molar refractivity (Wildman–Crippen MR) is 69.8 cm³/mol. The Morgan fingerprint density at radius 3 is 2.95 bits per heavy atom. The number of hydrogen-bond acceptors (Lipinski definition) is 3. The van der Waals surface area contributed by atoms with Crippen molar-refractivity contribution in [3.63, 3.8) is 0 Å². The zero-order valence-corrected chi connectivity index (χ0v) is 10.0. The van der Waals surface area contributed by atoms with Crippen molar-refractivity contribution in [1.29, 1.82) is 0 Å². The summed E-state index contributed by atoms with van der Waals surface area (Å²) in [5.41, 5.74) is 2.84. The number of fused-ring (bicyclic) bond motifs is 1. The lowest BCUT2D eigenvalue weighted by Gasteiger charge is -2.02. The Kier molecular flexibility index (Phi) is 2.72. The van der Waals surface area contributed by atoms with Gasteiger partial charge in [-0.2, -0.15) is 0 Å². The highest BCUT2D eigenvalue weighted by Gasteiger charge is 2.12. The SMILES string of the molecule is O=C(O)Cc1ncccc1-c1cn2ccccc2n1. The molecule has 0 aliphatic rings. The number of pyridine rings is 2. The summed E-state index contributed by atoms with van der Waals surface area (Å²) >= 11 is 0. The fraction of sp³-hybridized carbons (Fsp3) is 0.0714. The molecule has 0 saturated carbocycles. The van der Waals surface area contributed by atoms with Crippen LogP contribution in [0.4, 0.5) is 0 Å². The van der Waals surface area contributed by atoms with Crippen LogP contribution in [-0.2, 0) is 11.2 Å². The molecule has 0 aliphatic carbocycles. The lowest BCUT2D eigenvalue weighted by molar-refractivity contribution is -0.136. The number of nitrogens with zero attached hydrogens (tertiary/aromatic N) is 3. The second-order valence-corrected chi connectivity index (χ2v) is 4.16. The summed E-state index contributed by atoms with van der Waals surface area (Å²) in [6, 6.07) is 9.35. The van der Waals surface area contributed by atoms with E-state index in [9.17, 15) is 4.79 Å². The Balaban J connectivity index is 2.13. The molecule has 0 bridgehead atoms. The summed E-state index contributed by atoms with van der Waals surface area (Å²) in [5.74, 6) is -0.899. The molecule has 5 nitrogen and oxygen atoms in total. The number of aliphatic carboxylic acids is 1. The van der Waals surface area contributed by atoms with Crippen LogP contribution in [0.1, 0.15) is 5.69 Å². The fourth-order valence-corrected chi connectivity index (χ4v) is 2.02. The lowest BCUT2D eigenvalue weighted by Crippen LogP contribution is -2.04. The molecule has 0 unspecified atom stereocenters. The third-order valence-electron chi connectivity index (χ3n) is 2.85. The van der Waals surface area contributed by atoms with Gasteiger partial charge in [0.05, 0.1) is 17.8 Å². The van der Waals surface area contributed by atoms with Crippen LogP contribution in [-0.4, -0.2) is 25.4 Å². The minimum atomic E-state index is -0.899. The van der Waals surface area contributed by atoms with Crippen LogP contribution >= 0.6 is 0 Å². The first-order valence-electron chi connectivity index (χ1n) is 5.84. The van der Waals surface area contributed by atoms with Crippen molar-refractivity contribution in [2.24, 2.45) is 0 Å². The molecule has 19 heavy (non-hydrogen) atoms. The number of hydrogen-bond donors (Lipinski definition) is 1. The van der Waals surface area contributed by atoms with Gasteiger partial charge in [0.2, 0.25) is 0 Å². The van der Waals surface area contributed by atoms with Gasteiger partial charge < -0.3 is 9.51 Å². The van der Waals surface area contributed by atoms with Crippen molar-refractivity contribution < 1.29 is 9.90 Å². The van der Waals surface area contributed by atoms with Gasteiger partial charge in [-0.3, -0.25) is 9.78 Å². The quantitative estimate of drug-likeness (QED) is 0.775. The van der Waals surface area contributed by atoms with Gasteiger partial charge in [0.25, 0.3) is 0 Å². The first kappa shape index (κ1) is 11.4. The van der Waals surface area contributed by atoms with E-state index >= 15 is 0 Å². The molecule has 0 atom stereocenters. The Hall–Kier alpha value is -2.69. The van der Waals surface area contributed by atoms with E-state index in [2.05, 4.69) is 9.97 Å². The molecular weight excluding hydrogens is 242 g/mol. The summed E-state index contributed by atoms with van der Waals surface area (Å²) < 4.78 is 1.90. The molecule has 0 radical (unpaired) electrons. The summed E-state index contributed by atoms with van der Waals surface area (Å²) in [6.45, 7) is 0. The molecule has 94 valence electrons. The van der Waals surface area contributed by atoms with E-state index < -0.39 is 5.97 Å². The van der Waals surface area contributed by atoms with E-state index in [4.69, 9.17) is 5.11 Å². The average molecular weight is 253 g/mol. The third-order valence-corrected chi connectivity index (χ3v) is 2.85. The van der Waals surface area contributed by atoms with E-state index in [-0.39, 0.29) is 6.42 Å². The maximum absolute atomic E-state index is 10.9. The molecule has 0 spiro atoms. The smallest absolute Gasteiger partial charge is 0.309 e. The van der Waals surface area contributed by atoms with Crippen LogP contribution in [0.3, 0.4) is 0 Å². The highest BCUT2D eigenvalue weighted by atomic mass is 16.4. The van der Waals surface area contributed by atoms with Gasteiger partial charge in [-0.25, -0.2) is 4.98 Å². The Bertz CT molecular complexity index is 716. The van der Waals surface area contributed by atoms with Gasteiger partial charge in [-0.15, -0.1) is 0 Å². The molecule has 0 amide bonds. The number of aromatic nitrogens is 3. The molecule has 0 fully saturated rings. The highest BCUT2D eigenvalue weighted by Crippen LogP contribution is 2.22. The average Bonchev–Trinajstić information content (AvgIpc) is 2.82. The Labute approximate surface area is 109 Å². The number of imidazole rings is 1. The van der Waals surface area contributed by atoms with Gasteiger partial charge in [0.15, 0.2) is 0 Å². The van der Waals surface area contributed by atoms with E-state index in [0.29, 0.717) is 5.69 Å². The molecule has 5 heteroatoms. The number of carbonyl (C=O) groups is 1. The first-order valence-corrected chi connectivity index (χ1v) is 5.84. The van der Waals surface area contributed by atoms with Crippen molar-refractivity contribution in [3.8, 4) is 11.3 Å². The van der Waals surface area contributed by atoms with Crippen molar-refractivity contribution in [1.82, 2.24) is 14.4 Å². The minimum Gasteiger partial charge on any atom is -0.481 e. The van der Waals surface area contributed by atoms with Crippen LogP contribution in [0.15, 0.2) is 48.9 Å². The van der Waals surface area contributed by atoms with Crippen LogP contribution in [0, 0.1) is 0 Å². The van der Waals surface area contributed by atoms with Crippen LogP contribution in [0.2, 0.25) is 0 Å². The molecule has 3 rings (SSSR count). The van der Waals surface area contributed by atoms with Crippen molar-refractivity contribution in [3.05, 3.63) is 54.6 Å². The van der Waals surface area contributed by atoms with Gasteiger partial charge in [-0.1, -0.05) is 6.07 Å². The van der Waals surface area contributed by atoms with E-state index in [0.717, 1.165) is 16.9 Å². The van der Waals surface area contributed by atoms with E-state index in [1.165, 1.54) is 0 Å². The van der Waals surface area contributed by atoms with Crippen molar-refractivity contribution >= 4 is 11.6 Å². The second kappa shape index (κ2) is 4.53. The summed E-state index contributed by atoms with van der Waals surface area (Å²) in [4.78, 5) is 19.5. The summed E-state index contributed by atoms with van der Waals surface area (Å²) in [5, 5.41) is 8.91. The topological polar surface area (TPSA) is 67.5 Å². The molecule has 0 saturated heterocycles. The molecule has 0 aromatic carbocycles. The number of carboxylic acid groups (broad SMARTS) is 1. The van der Waals surface area contributed by atoms with Gasteiger partial charge >= 0.3 is 5.97 Å². The molecule has 3 aromatic rings. The van der Waals surface area contributed by atoms with E-state index in [1.807, 2.05) is 41.1 Å². The van der Waals surface area contributed by atoms with Crippen LogP contribution in [0.5, 0.6) is 0 Å². The maximum atomic E-state index is 10.9. The Morgan fingerprint density at radius 1 is 1.26 bits per heavy atom. The first-order chi connectivity index (χ1) is 9.24. The lowest BCUT2D eigenvalue weighted by atomic mass is 10.1. The highest BCUT2D eigenvalue weighted by molar-refractivity contribution is 5.74. The fourth-order valence-electron chi connectivity index (χ4n) is 2.02. The normalized spacial score (nSPS) is 10.7. The summed E-state index contributed by atoms with van der Waals surface area (Å²) in [7, 11) is 0. The standard InChI is InChI=1S/C14H11N3O2/c18-14(19)8-11-10(4-3-6-15-11)12-9-17-7-2-1-5-13(17)16-12/h1-7,9H,8H2,(H,18,19). The van der Waals surface area contributed by atoms with Crippen molar-refractivity contribution in [2.75, 3.05) is 0 Å². The predicted octanol–water partition coefficient (Wildman–Crippen LogP) is 2.02. The van der Waals surface area contributed by atoms with Crippen LogP contribution < -0.4 is 0 Å². The van der Waals surface area contributed by atoms with Gasteiger partial charge in [0.1, 0.15) is 5.65 Å². The van der Waals surface area contributed by atoms with E-state index in [1.54, 1.807) is 12.3 Å². The molecule has 3 aromatic heterocycles. The molecular formula is C14H11N3O2. The van der Waals surface area contributed by atoms with Crippen LogP contribution in [0.25, 0.3) is 16.9 Å². The monoisotopic (exact) mass is 253 g/mol. The molecule has 0 aliphatic heterocycles. The largest absolute Gasteiger partial charge is 0.481 e. The number of rotatable bonds is 3. The molecule has 3 heterocycles. The van der Waals surface area contributed by atoms with Gasteiger partial charge in [-0.05, 0) is 24.3 Å². The molecule has 1 N–H and O–H groups in total. The maximum Gasteiger partial charge on any atom is 0.309 e. The second-order valence-electron chi connectivity index (χ2n) is 4.16. The minimum absolute atomic E-state index is 0.107.